The van der Waals surface area contributed by atoms with Crippen LogP contribution >= 0.6 is 0 Å². The molecule has 2 N–H and O–H groups in total. The second-order valence-corrected chi connectivity index (χ2v) is 6.21. The lowest BCUT2D eigenvalue weighted by atomic mass is 10.0. The number of piperidine rings is 1. The summed E-state index contributed by atoms with van der Waals surface area (Å²) < 4.78 is 0. The van der Waals surface area contributed by atoms with Crippen LogP contribution in [0.2, 0.25) is 0 Å². The first-order valence-corrected chi connectivity index (χ1v) is 8.15. The number of rotatable bonds is 5. The summed E-state index contributed by atoms with van der Waals surface area (Å²) in [5, 5.41) is 5.94. The summed E-state index contributed by atoms with van der Waals surface area (Å²) >= 11 is 0. The molecule has 1 aromatic carbocycles. The van der Waals surface area contributed by atoms with E-state index < -0.39 is 0 Å². The van der Waals surface area contributed by atoms with E-state index in [-0.39, 0.29) is 6.03 Å². The van der Waals surface area contributed by atoms with Gasteiger partial charge < -0.3 is 10.6 Å². The van der Waals surface area contributed by atoms with Crippen LogP contribution in [-0.2, 0) is 13.1 Å². The lowest BCUT2D eigenvalue weighted by molar-refractivity contribution is 0.220. The van der Waals surface area contributed by atoms with Gasteiger partial charge in [0.15, 0.2) is 0 Å². The predicted molar refractivity (Wildman–Crippen MR) is 84.0 cm³/mol. The number of benzene rings is 1. The standard InChI is InChI=1S/C17H25N3O/c21-17(19-16-8-9-16)18-12-14-6-2-3-7-15(14)13-20-10-4-1-5-11-20/h2-3,6-7,16H,1,4-5,8-13H2,(H2,18,19,21). The third-order valence-corrected chi connectivity index (χ3v) is 4.31. The summed E-state index contributed by atoms with van der Waals surface area (Å²) in [5.74, 6) is 0. The number of urea groups is 1. The third-order valence-electron chi connectivity index (χ3n) is 4.31. The Morgan fingerprint density at radius 2 is 1.81 bits per heavy atom. The SMILES string of the molecule is O=C(NCc1ccccc1CN1CCCCC1)NC1CC1. The van der Waals surface area contributed by atoms with Crippen LogP contribution in [0, 0.1) is 0 Å². The zero-order valence-corrected chi connectivity index (χ0v) is 12.6. The normalized spacial score (nSPS) is 19.2. The van der Waals surface area contributed by atoms with E-state index in [4.69, 9.17) is 0 Å². The fourth-order valence-corrected chi connectivity index (χ4v) is 2.88. The Labute approximate surface area is 126 Å². The summed E-state index contributed by atoms with van der Waals surface area (Å²) in [6.45, 7) is 4.01. The van der Waals surface area contributed by atoms with E-state index in [1.54, 1.807) is 0 Å². The highest BCUT2D eigenvalue weighted by Crippen LogP contribution is 2.18. The van der Waals surface area contributed by atoms with E-state index in [1.807, 2.05) is 0 Å². The highest BCUT2D eigenvalue weighted by molar-refractivity contribution is 5.74. The number of amides is 2. The number of carbonyl (C=O) groups excluding carboxylic acids is 1. The van der Waals surface area contributed by atoms with Crippen LogP contribution < -0.4 is 10.6 Å². The van der Waals surface area contributed by atoms with Crippen molar-refractivity contribution < 1.29 is 4.79 Å². The Balaban J connectivity index is 1.54. The molecule has 0 atom stereocenters. The van der Waals surface area contributed by atoms with E-state index >= 15 is 0 Å². The second kappa shape index (κ2) is 6.94. The van der Waals surface area contributed by atoms with Crippen LogP contribution in [0.3, 0.4) is 0 Å². The Morgan fingerprint density at radius 3 is 2.52 bits per heavy atom. The van der Waals surface area contributed by atoms with Crippen LogP contribution in [0.4, 0.5) is 4.79 Å². The van der Waals surface area contributed by atoms with E-state index in [0.717, 1.165) is 19.4 Å². The molecule has 0 unspecified atom stereocenters. The van der Waals surface area contributed by atoms with Crippen LogP contribution in [-0.4, -0.2) is 30.1 Å². The first-order valence-electron chi connectivity index (χ1n) is 8.15. The first-order chi connectivity index (χ1) is 10.3. The van der Waals surface area contributed by atoms with Crippen molar-refractivity contribution in [1.29, 1.82) is 0 Å². The van der Waals surface area contributed by atoms with Crippen molar-refractivity contribution in [1.82, 2.24) is 15.5 Å². The molecule has 1 saturated heterocycles. The van der Waals surface area contributed by atoms with E-state index in [9.17, 15) is 4.79 Å². The van der Waals surface area contributed by atoms with Gasteiger partial charge in [0.2, 0.25) is 0 Å². The Hall–Kier alpha value is -1.55. The van der Waals surface area contributed by atoms with Crippen LogP contribution in [0.1, 0.15) is 43.2 Å². The minimum Gasteiger partial charge on any atom is -0.335 e. The van der Waals surface area contributed by atoms with Crippen LogP contribution in [0.15, 0.2) is 24.3 Å². The molecule has 21 heavy (non-hydrogen) atoms. The summed E-state index contributed by atoms with van der Waals surface area (Å²) in [6.07, 6.45) is 6.23. The average Bonchev–Trinajstić information content (AvgIpc) is 3.31. The van der Waals surface area contributed by atoms with Crippen LogP contribution in [0.5, 0.6) is 0 Å². The molecule has 1 heterocycles. The Kier molecular flexibility index (Phi) is 4.76. The van der Waals surface area contributed by atoms with Gasteiger partial charge in [-0.3, -0.25) is 4.90 Å². The van der Waals surface area contributed by atoms with Crippen molar-refractivity contribution in [2.45, 2.75) is 51.2 Å². The molecule has 0 spiro atoms. The van der Waals surface area contributed by atoms with Gasteiger partial charge in [0.05, 0.1) is 0 Å². The second-order valence-electron chi connectivity index (χ2n) is 6.21. The molecule has 2 amide bonds. The zero-order valence-electron chi connectivity index (χ0n) is 12.6. The number of nitrogens with zero attached hydrogens (tertiary/aromatic N) is 1. The van der Waals surface area contributed by atoms with E-state index in [2.05, 4.69) is 39.8 Å². The molecule has 3 rings (SSSR count). The van der Waals surface area contributed by atoms with Crippen molar-refractivity contribution in [2.24, 2.45) is 0 Å². The molecule has 0 radical (unpaired) electrons. The van der Waals surface area contributed by atoms with Crippen molar-refractivity contribution in [3.8, 4) is 0 Å². The monoisotopic (exact) mass is 287 g/mol. The third kappa shape index (κ3) is 4.46. The van der Waals surface area contributed by atoms with Gasteiger partial charge in [-0.2, -0.15) is 0 Å². The van der Waals surface area contributed by atoms with Gasteiger partial charge in [0, 0.05) is 19.1 Å². The maximum Gasteiger partial charge on any atom is 0.315 e. The molecule has 1 saturated carbocycles. The lowest BCUT2D eigenvalue weighted by Crippen LogP contribution is -2.36. The largest absolute Gasteiger partial charge is 0.335 e. The van der Waals surface area contributed by atoms with Gasteiger partial charge in [-0.25, -0.2) is 4.79 Å². The van der Waals surface area contributed by atoms with Crippen molar-refractivity contribution in [3.63, 3.8) is 0 Å². The molecule has 114 valence electrons. The smallest absolute Gasteiger partial charge is 0.315 e. The highest BCUT2D eigenvalue weighted by Gasteiger charge is 2.23. The van der Waals surface area contributed by atoms with Gasteiger partial charge in [0.1, 0.15) is 0 Å². The molecule has 4 heteroatoms. The van der Waals surface area contributed by atoms with Gasteiger partial charge in [-0.1, -0.05) is 30.7 Å². The molecule has 4 nitrogen and oxygen atoms in total. The van der Waals surface area contributed by atoms with E-state index in [1.165, 1.54) is 43.5 Å². The van der Waals surface area contributed by atoms with Gasteiger partial charge in [-0.05, 0) is 49.9 Å². The fourth-order valence-electron chi connectivity index (χ4n) is 2.88. The molecule has 2 fully saturated rings. The maximum absolute atomic E-state index is 11.7. The molecule has 1 aromatic rings. The predicted octanol–water partition coefficient (Wildman–Crippen LogP) is 2.63. The summed E-state index contributed by atoms with van der Waals surface area (Å²) in [6, 6.07) is 8.82. The van der Waals surface area contributed by atoms with Crippen molar-refractivity contribution >= 4 is 6.03 Å². The zero-order chi connectivity index (χ0) is 14.5. The lowest BCUT2D eigenvalue weighted by Gasteiger charge is -2.27. The fraction of sp³-hybridized carbons (Fsp3) is 0.588. The van der Waals surface area contributed by atoms with E-state index in [0.29, 0.717) is 12.6 Å². The first kappa shape index (κ1) is 14.4. The number of carbonyl (C=O) groups is 1. The molecule has 1 aliphatic carbocycles. The molecular formula is C17H25N3O. The van der Waals surface area contributed by atoms with Crippen molar-refractivity contribution in [2.75, 3.05) is 13.1 Å². The Bertz CT molecular complexity index is 479. The quantitative estimate of drug-likeness (QED) is 0.874. The van der Waals surface area contributed by atoms with Gasteiger partial charge in [0.25, 0.3) is 0 Å². The average molecular weight is 287 g/mol. The highest BCUT2D eigenvalue weighted by atomic mass is 16.2. The van der Waals surface area contributed by atoms with Crippen molar-refractivity contribution in [3.05, 3.63) is 35.4 Å². The summed E-state index contributed by atoms with van der Waals surface area (Å²) in [4.78, 5) is 14.3. The maximum atomic E-state index is 11.7. The molecule has 0 bridgehead atoms. The molecular weight excluding hydrogens is 262 g/mol. The minimum atomic E-state index is -0.0368. The van der Waals surface area contributed by atoms with Gasteiger partial charge >= 0.3 is 6.03 Å². The Morgan fingerprint density at radius 1 is 1.10 bits per heavy atom. The van der Waals surface area contributed by atoms with Gasteiger partial charge in [-0.15, -0.1) is 0 Å². The topological polar surface area (TPSA) is 44.4 Å². The number of nitrogens with one attached hydrogen (secondary N) is 2. The molecule has 0 aromatic heterocycles. The number of hydrogen-bond acceptors (Lipinski definition) is 2. The van der Waals surface area contributed by atoms with Crippen LogP contribution in [0.25, 0.3) is 0 Å². The minimum absolute atomic E-state index is 0.0368. The molecule has 2 aliphatic rings. The number of likely N-dealkylation sites (tertiary alicyclic amines) is 1. The summed E-state index contributed by atoms with van der Waals surface area (Å²) in [5.41, 5.74) is 2.57. The number of hydrogen-bond donors (Lipinski definition) is 2. The molecule has 1 aliphatic heterocycles. The summed E-state index contributed by atoms with van der Waals surface area (Å²) in [7, 11) is 0.